The van der Waals surface area contributed by atoms with Crippen molar-refractivity contribution in [3.8, 4) is 0 Å². The molecule has 11 nitrogen and oxygen atoms in total. The number of para-hydroxylation sites is 2. The van der Waals surface area contributed by atoms with E-state index in [1.165, 1.54) is 13.5 Å². The van der Waals surface area contributed by atoms with Crippen molar-refractivity contribution in [3.63, 3.8) is 0 Å². The highest BCUT2D eigenvalue weighted by molar-refractivity contribution is 6.04. The first-order valence-electron chi connectivity index (χ1n) is 8.50. The first-order valence-corrected chi connectivity index (χ1v) is 8.50. The van der Waals surface area contributed by atoms with Crippen molar-refractivity contribution in [2.24, 2.45) is 7.05 Å². The summed E-state index contributed by atoms with van der Waals surface area (Å²) < 4.78 is 9.11. The first kappa shape index (κ1) is 16.2. The number of fused-ring (bicyclic) bond motifs is 7. The van der Waals surface area contributed by atoms with Gasteiger partial charge in [-0.2, -0.15) is 4.52 Å². The minimum absolute atomic E-state index is 0.0265. The fraction of sp³-hybridized carbons (Fsp3) is 0.176. The molecule has 0 aliphatic carbocycles. The van der Waals surface area contributed by atoms with Crippen LogP contribution in [0.25, 0.3) is 33.4 Å². The van der Waals surface area contributed by atoms with E-state index < -0.39 is 5.97 Å². The molecule has 0 bridgehead atoms. The number of esters is 1. The fourth-order valence-electron chi connectivity index (χ4n) is 3.31. The quantitative estimate of drug-likeness (QED) is 0.440. The van der Waals surface area contributed by atoms with Gasteiger partial charge in [-0.25, -0.2) is 19.0 Å². The highest BCUT2D eigenvalue weighted by atomic mass is 16.5. The number of nitrogens with zero attached hydrogens (tertiary/aromatic N) is 7. The lowest BCUT2D eigenvalue weighted by molar-refractivity contribution is 0.0519. The summed E-state index contributed by atoms with van der Waals surface area (Å²) in [4.78, 5) is 29.6. The van der Waals surface area contributed by atoms with E-state index >= 15 is 0 Å². The number of carbonyl (C=O) groups excluding carboxylic acids is 1. The average Bonchev–Trinajstić information content (AvgIpc) is 3.25. The van der Waals surface area contributed by atoms with Crippen LogP contribution in [-0.2, 0) is 11.8 Å². The lowest BCUT2D eigenvalue weighted by Gasteiger charge is -2.04. The van der Waals surface area contributed by atoms with Gasteiger partial charge in [0.25, 0.3) is 0 Å². The van der Waals surface area contributed by atoms with E-state index in [2.05, 4.69) is 20.3 Å². The molecule has 11 heteroatoms. The van der Waals surface area contributed by atoms with Crippen molar-refractivity contribution in [1.29, 1.82) is 0 Å². The van der Waals surface area contributed by atoms with Gasteiger partial charge in [0.15, 0.2) is 22.8 Å². The standard InChI is InChI=1S/C17H14N8O3/c1-3-28-16(26)11-12(18)25-14(21-20-11)10-13-19-8-6-4-5-7-9(8)24(13)17(27)23(2)15(10)22-25/h4-7H,3,18H2,1-2H3. The number of nitrogens with two attached hydrogens (primary N) is 1. The van der Waals surface area contributed by atoms with E-state index in [9.17, 15) is 9.59 Å². The van der Waals surface area contributed by atoms with Crippen molar-refractivity contribution in [2.75, 3.05) is 12.3 Å². The summed E-state index contributed by atoms with van der Waals surface area (Å²) in [6, 6.07) is 7.31. The zero-order valence-corrected chi connectivity index (χ0v) is 14.9. The molecule has 1 aromatic carbocycles. The second-order valence-electron chi connectivity index (χ2n) is 6.19. The van der Waals surface area contributed by atoms with Crippen LogP contribution in [0.5, 0.6) is 0 Å². The van der Waals surface area contributed by atoms with Gasteiger partial charge in [0, 0.05) is 7.05 Å². The molecule has 140 valence electrons. The SMILES string of the molecule is CCOC(=O)c1nnc2c3c(nn2c1N)n(C)c(=O)n1c2ccccc2nc31. The molecule has 2 N–H and O–H groups in total. The zero-order valence-electron chi connectivity index (χ0n) is 14.9. The van der Waals surface area contributed by atoms with Gasteiger partial charge >= 0.3 is 11.7 Å². The van der Waals surface area contributed by atoms with Crippen molar-refractivity contribution in [2.45, 2.75) is 6.92 Å². The second kappa shape index (κ2) is 5.49. The van der Waals surface area contributed by atoms with Crippen LogP contribution in [0.1, 0.15) is 17.4 Å². The Morgan fingerprint density at radius 2 is 1.96 bits per heavy atom. The molecule has 0 radical (unpaired) electrons. The molecule has 0 saturated carbocycles. The summed E-state index contributed by atoms with van der Waals surface area (Å²) in [6.45, 7) is 1.85. The van der Waals surface area contributed by atoms with E-state index in [0.29, 0.717) is 27.7 Å². The van der Waals surface area contributed by atoms with Gasteiger partial charge in [0.2, 0.25) is 5.69 Å². The molecule has 0 fully saturated rings. The number of anilines is 1. The van der Waals surface area contributed by atoms with E-state index in [-0.39, 0.29) is 29.5 Å². The van der Waals surface area contributed by atoms with E-state index in [1.54, 1.807) is 14.0 Å². The molecule has 4 aromatic heterocycles. The maximum atomic E-state index is 12.9. The third kappa shape index (κ3) is 1.92. The smallest absolute Gasteiger partial charge is 0.362 e. The molecular weight excluding hydrogens is 364 g/mol. The van der Waals surface area contributed by atoms with Gasteiger partial charge in [-0.15, -0.1) is 15.3 Å². The Kier molecular flexibility index (Phi) is 3.17. The molecule has 0 amide bonds. The number of imidazole rings is 1. The molecule has 0 aliphatic rings. The van der Waals surface area contributed by atoms with Gasteiger partial charge < -0.3 is 10.5 Å². The largest absolute Gasteiger partial charge is 0.461 e. The Bertz CT molecular complexity index is 1490. The van der Waals surface area contributed by atoms with Gasteiger partial charge in [-0.3, -0.25) is 4.57 Å². The van der Waals surface area contributed by atoms with Gasteiger partial charge in [-0.05, 0) is 19.1 Å². The lowest BCUT2D eigenvalue weighted by Crippen LogP contribution is -2.24. The van der Waals surface area contributed by atoms with Crippen LogP contribution in [0.2, 0.25) is 0 Å². The third-order valence-electron chi connectivity index (χ3n) is 4.61. The molecule has 0 atom stereocenters. The van der Waals surface area contributed by atoms with Crippen LogP contribution in [0.3, 0.4) is 0 Å². The highest BCUT2D eigenvalue weighted by Gasteiger charge is 2.24. The molecule has 4 heterocycles. The summed E-state index contributed by atoms with van der Waals surface area (Å²) in [7, 11) is 1.60. The molecule has 0 aliphatic heterocycles. The third-order valence-corrected chi connectivity index (χ3v) is 4.61. The van der Waals surface area contributed by atoms with Crippen LogP contribution >= 0.6 is 0 Å². The molecule has 0 unspecified atom stereocenters. The predicted molar refractivity (Wildman–Crippen MR) is 100 cm³/mol. The van der Waals surface area contributed by atoms with E-state index in [4.69, 9.17) is 10.5 Å². The number of rotatable bonds is 2. The molecule has 5 rings (SSSR count). The van der Waals surface area contributed by atoms with Crippen LogP contribution in [0, 0.1) is 0 Å². The first-order chi connectivity index (χ1) is 13.5. The van der Waals surface area contributed by atoms with Crippen LogP contribution in [-0.4, -0.2) is 46.3 Å². The maximum Gasteiger partial charge on any atom is 0.362 e. The van der Waals surface area contributed by atoms with Gasteiger partial charge in [-0.1, -0.05) is 12.1 Å². The van der Waals surface area contributed by atoms with E-state index in [0.717, 1.165) is 0 Å². The lowest BCUT2D eigenvalue weighted by atomic mass is 10.3. The van der Waals surface area contributed by atoms with Gasteiger partial charge in [0.05, 0.1) is 17.6 Å². The summed E-state index contributed by atoms with van der Waals surface area (Å²) in [5, 5.41) is 12.9. The summed E-state index contributed by atoms with van der Waals surface area (Å²) in [5.41, 5.74) is 8.00. The summed E-state index contributed by atoms with van der Waals surface area (Å²) >= 11 is 0. The molecule has 5 aromatic rings. The molecule has 0 spiro atoms. The number of benzene rings is 1. The van der Waals surface area contributed by atoms with Crippen molar-refractivity contribution in [1.82, 2.24) is 33.8 Å². The van der Waals surface area contributed by atoms with Crippen LogP contribution in [0.15, 0.2) is 29.1 Å². The number of hydrogen-bond donors (Lipinski definition) is 1. The Balaban J connectivity index is 1.98. The maximum absolute atomic E-state index is 12.9. The van der Waals surface area contributed by atoms with Crippen molar-refractivity contribution < 1.29 is 9.53 Å². The summed E-state index contributed by atoms with van der Waals surface area (Å²) in [5.74, 6) is -0.721. The van der Waals surface area contributed by atoms with Crippen LogP contribution in [0.4, 0.5) is 5.82 Å². The average molecular weight is 378 g/mol. The monoisotopic (exact) mass is 378 g/mol. The van der Waals surface area contributed by atoms with Crippen molar-refractivity contribution >= 4 is 45.1 Å². The van der Waals surface area contributed by atoms with Gasteiger partial charge in [0.1, 0.15) is 5.39 Å². The number of ether oxygens (including phenoxy) is 1. The minimum atomic E-state index is -0.695. The van der Waals surface area contributed by atoms with E-state index in [1.807, 2.05) is 24.3 Å². The predicted octanol–water partition coefficient (Wildman–Crippen LogP) is 0.536. The molecular formula is C17H14N8O3. The number of nitrogen functional groups attached to an aromatic ring is 1. The topological polar surface area (TPSA) is 135 Å². The number of carbonyl (C=O) groups is 1. The number of aryl methyl sites for hydroxylation is 1. The molecule has 0 saturated heterocycles. The Labute approximate surface area is 156 Å². The fourth-order valence-corrected chi connectivity index (χ4v) is 3.31. The van der Waals surface area contributed by atoms with Crippen LogP contribution < -0.4 is 11.4 Å². The number of aromatic nitrogens is 7. The highest BCUT2D eigenvalue weighted by Crippen LogP contribution is 2.26. The zero-order chi connectivity index (χ0) is 19.6. The number of hydrogen-bond acceptors (Lipinski definition) is 8. The normalized spacial score (nSPS) is 11.8. The Hall–Kier alpha value is -4.02. The Morgan fingerprint density at radius 3 is 2.75 bits per heavy atom. The molecule has 28 heavy (non-hydrogen) atoms. The summed E-state index contributed by atoms with van der Waals surface area (Å²) in [6.07, 6.45) is 0. The minimum Gasteiger partial charge on any atom is -0.461 e. The Morgan fingerprint density at radius 1 is 1.18 bits per heavy atom. The second-order valence-corrected chi connectivity index (χ2v) is 6.19. The van der Waals surface area contributed by atoms with Crippen molar-refractivity contribution in [3.05, 3.63) is 40.4 Å².